The second-order valence-corrected chi connectivity index (χ2v) is 5.62. The third-order valence-electron chi connectivity index (χ3n) is 2.21. The molecule has 0 radical (unpaired) electrons. The van der Waals surface area contributed by atoms with E-state index >= 15 is 0 Å². The van der Waals surface area contributed by atoms with Gasteiger partial charge in [-0.2, -0.15) is 0 Å². The number of aromatic nitrogens is 1. The molecule has 1 amide bonds. The normalized spacial score (nSPS) is 10.3. The zero-order chi connectivity index (χ0) is 13.0. The van der Waals surface area contributed by atoms with Gasteiger partial charge in [0.05, 0.1) is 5.69 Å². The molecule has 2 aromatic rings. The number of thiazole rings is 1. The molecule has 1 heterocycles. The summed E-state index contributed by atoms with van der Waals surface area (Å²) in [4.78, 5) is 15.8. The molecule has 2 rings (SSSR count). The van der Waals surface area contributed by atoms with E-state index in [1.165, 1.54) is 11.3 Å². The fraction of sp³-hybridized carbons (Fsp3) is 0.167. The maximum Gasteiger partial charge on any atom is 0.226 e. The molecule has 0 aliphatic heterocycles. The SMILES string of the molecule is O=C(CCBr)Nc1nc(-c2ccc(Cl)cc2)cs1. The van der Waals surface area contributed by atoms with Gasteiger partial charge in [-0.1, -0.05) is 39.7 Å². The Hall–Kier alpha value is -0.910. The van der Waals surface area contributed by atoms with E-state index in [9.17, 15) is 4.79 Å². The molecule has 0 fully saturated rings. The Morgan fingerprint density at radius 2 is 2.11 bits per heavy atom. The highest BCUT2D eigenvalue weighted by molar-refractivity contribution is 9.09. The van der Waals surface area contributed by atoms with Crippen LogP contribution in [-0.2, 0) is 4.79 Å². The summed E-state index contributed by atoms with van der Waals surface area (Å²) in [5.74, 6) is -0.0381. The van der Waals surface area contributed by atoms with Gasteiger partial charge in [0.1, 0.15) is 0 Å². The molecule has 18 heavy (non-hydrogen) atoms. The predicted molar refractivity (Wildman–Crippen MR) is 79.6 cm³/mol. The van der Waals surface area contributed by atoms with E-state index in [1.54, 1.807) is 0 Å². The lowest BCUT2D eigenvalue weighted by molar-refractivity contribution is -0.115. The molecule has 0 saturated heterocycles. The van der Waals surface area contributed by atoms with Gasteiger partial charge in [0, 0.05) is 27.7 Å². The molecule has 3 nitrogen and oxygen atoms in total. The van der Waals surface area contributed by atoms with Gasteiger partial charge in [-0.3, -0.25) is 4.79 Å². The number of benzene rings is 1. The first-order chi connectivity index (χ1) is 8.69. The number of amides is 1. The van der Waals surface area contributed by atoms with Crippen molar-refractivity contribution in [3.8, 4) is 11.3 Å². The molecule has 0 atom stereocenters. The molecule has 0 spiro atoms. The first kappa shape index (κ1) is 13.5. The third kappa shape index (κ3) is 3.54. The van der Waals surface area contributed by atoms with Gasteiger partial charge in [-0.25, -0.2) is 4.98 Å². The van der Waals surface area contributed by atoms with Crippen LogP contribution >= 0.6 is 38.9 Å². The van der Waals surface area contributed by atoms with Gasteiger partial charge < -0.3 is 5.32 Å². The van der Waals surface area contributed by atoms with Crippen molar-refractivity contribution in [2.24, 2.45) is 0 Å². The summed E-state index contributed by atoms with van der Waals surface area (Å²) in [5.41, 5.74) is 1.82. The lowest BCUT2D eigenvalue weighted by Crippen LogP contribution is -2.11. The number of alkyl halides is 1. The number of rotatable bonds is 4. The molecule has 0 unspecified atom stereocenters. The van der Waals surface area contributed by atoms with E-state index in [1.807, 2.05) is 29.6 Å². The summed E-state index contributed by atoms with van der Waals surface area (Å²) in [6.45, 7) is 0. The van der Waals surface area contributed by atoms with Crippen LogP contribution in [0.25, 0.3) is 11.3 Å². The van der Waals surface area contributed by atoms with Crippen LogP contribution in [0, 0.1) is 0 Å². The van der Waals surface area contributed by atoms with Gasteiger partial charge in [-0.15, -0.1) is 11.3 Å². The molecule has 0 bridgehead atoms. The molecule has 0 saturated carbocycles. The van der Waals surface area contributed by atoms with Crippen molar-refractivity contribution in [1.29, 1.82) is 0 Å². The Bertz CT molecular complexity index is 541. The van der Waals surface area contributed by atoms with E-state index in [4.69, 9.17) is 11.6 Å². The molecule has 6 heteroatoms. The number of hydrogen-bond acceptors (Lipinski definition) is 3. The number of anilines is 1. The zero-order valence-corrected chi connectivity index (χ0v) is 12.5. The third-order valence-corrected chi connectivity index (χ3v) is 3.62. The van der Waals surface area contributed by atoms with Crippen LogP contribution in [0.15, 0.2) is 29.6 Å². The van der Waals surface area contributed by atoms with Crippen LogP contribution in [0.2, 0.25) is 5.02 Å². The van der Waals surface area contributed by atoms with Gasteiger partial charge in [0.2, 0.25) is 5.91 Å². The number of halogens is 2. The summed E-state index contributed by atoms with van der Waals surface area (Å²) >= 11 is 10.5. The van der Waals surface area contributed by atoms with Crippen LogP contribution in [-0.4, -0.2) is 16.2 Å². The molecule has 94 valence electrons. The minimum Gasteiger partial charge on any atom is -0.302 e. The Morgan fingerprint density at radius 1 is 1.39 bits per heavy atom. The maximum absolute atomic E-state index is 11.4. The Labute approximate surface area is 122 Å². The largest absolute Gasteiger partial charge is 0.302 e. The van der Waals surface area contributed by atoms with E-state index in [0.717, 1.165) is 11.3 Å². The molecule has 1 aromatic heterocycles. The summed E-state index contributed by atoms with van der Waals surface area (Å²) in [6, 6.07) is 7.45. The van der Waals surface area contributed by atoms with Crippen LogP contribution in [0.5, 0.6) is 0 Å². The fourth-order valence-corrected chi connectivity index (χ4v) is 2.57. The van der Waals surface area contributed by atoms with Crippen molar-refractivity contribution < 1.29 is 4.79 Å². The van der Waals surface area contributed by atoms with Gasteiger partial charge >= 0.3 is 0 Å². The highest BCUT2D eigenvalue weighted by atomic mass is 79.9. The first-order valence-electron chi connectivity index (χ1n) is 5.26. The lowest BCUT2D eigenvalue weighted by atomic mass is 10.2. The zero-order valence-electron chi connectivity index (χ0n) is 9.32. The molecule has 0 aliphatic rings. The monoisotopic (exact) mass is 344 g/mol. The Morgan fingerprint density at radius 3 is 2.78 bits per heavy atom. The minimum absolute atomic E-state index is 0.0381. The highest BCUT2D eigenvalue weighted by Crippen LogP contribution is 2.25. The number of nitrogens with one attached hydrogen (secondary N) is 1. The first-order valence-corrected chi connectivity index (χ1v) is 7.64. The standard InChI is InChI=1S/C12H10BrClN2OS/c13-6-5-11(17)16-12-15-10(7-18-12)8-1-3-9(14)4-2-8/h1-4,7H,5-6H2,(H,15,16,17). The minimum atomic E-state index is -0.0381. The molecular weight excluding hydrogens is 336 g/mol. The number of carbonyl (C=O) groups is 1. The van der Waals surface area contributed by atoms with Crippen LogP contribution in [0.1, 0.15) is 6.42 Å². The summed E-state index contributed by atoms with van der Waals surface area (Å²) in [5, 5.41) is 6.62. The van der Waals surface area contributed by atoms with E-state index in [0.29, 0.717) is 21.9 Å². The van der Waals surface area contributed by atoms with Gasteiger partial charge in [0.25, 0.3) is 0 Å². The van der Waals surface area contributed by atoms with Crippen molar-refractivity contribution in [2.75, 3.05) is 10.6 Å². The Kier molecular flexibility index (Phi) is 4.74. The van der Waals surface area contributed by atoms with Gasteiger partial charge in [-0.05, 0) is 12.1 Å². The lowest BCUT2D eigenvalue weighted by Gasteiger charge is -1.98. The van der Waals surface area contributed by atoms with E-state index in [-0.39, 0.29) is 5.91 Å². The van der Waals surface area contributed by atoms with Crippen molar-refractivity contribution in [3.63, 3.8) is 0 Å². The summed E-state index contributed by atoms with van der Waals surface area (Å²) in [6.07, 6.45) is 0.440. The molecule has 1 N–H and O–H groups in total. The average molecular weight is 346 g/mol. The van der Waals surface area contributed by atoms with Crippen LogP contribution in [0.4, 0.5) is 5.13 Å². The van der Waals surface area contributed by atoms with Gasteiger partial charge in [0.15, 0.2) is 5.13 Å². The second kappa shape index (κ2) is 6.31. The number of nitrogens with zero attached hydrogens (tertiary/aromatic N) is 1. The highest BCUT2D eigenvalue weighted by Gasteiger charge is 2.07. The molecule has 0 aliphatic carbocycles. The Balaban J connectivity index is 2.10. The fourth-order valence-electron chi connectivity index (χ4n) is 1.35. The average Bonchev–Trinajstić information content (AvgIpc) is 2.78. The van der Waals surface area contributed by atoms with E-state index < -0.39 is 0 Å². The number of hydrogen-bond donors (Lipinski definition) is 1. The predicted octanol–water partition coefficient (Wildman–Crippen LogP) is 4.19. The quantitative estimate of drug-likeness (QED) is 0.844. The summed E-state index contributed by atoms with van der Waals surface area (Å²) < 4.78 is 0. The van der Waals surface area contributed by atoms with Crippen molar-refractivity contribution >= 4 is 49.9 Å². The second-order valence-electron chi connectivity index (χ2n) is 3.53. The van der Waals surface area contributed by atoms with Crippen LogP contribution < -0.4 is 5.32 Å². The number of carbonyl (C=O) groups excluding carboxylic acids is 1. The topological polar surface area (TPSA) is 42.0 Å². The smallest absolute Gasteiger partial charge is 0.226 e. The maximum atomic E-state index is 11.4. The van der Waals surface area contributed by atoms with Crippen molar-refractivity contribution in [3.05, 3.63) is 34.7 Å². The molecular formula is C12H10BrClN2OS. The van der Waals surface area contributed by atoms with Crippen molar-refractivity contribution in [2.45, 2.75) is 6.42 Å². The molecule has 1 aromatic carbocycles. The van der Waals surface area contributed by atoms with Crippen LogP contribution in [0.3, 0.4) is 0 Å². The van der Waals surface area contributed by atoms with Crippen molar-refractivity contribution in [1.82, 2.24) is 4.98 Å². The van der Waals surface area contributed by atoms with E-state index in [2.05, 4.69) is 26.2 Å². The summed E-state index contributed by atoms with van der Waals surface area (Å²) in [7, 11) is 0.